The standard InChI is InChI=1S/C32H60N2O4/c1-28(2)17-14-18-29(3,4)33(28)24-22-32(27(37)38,21-13-11-9-10-12-16-26(35)36)23-25-34-30(5,6)19-15-20-31(34,7)8/h9-25H2,1-8H3,(H,35,36)(H,37,38)/p-2. The lowest BCUT2D eigenvalue weighted by atomic mass is 9.73. The molecule has 0 amide bonds. The van der Waals surface area contributed by atoms with E-state index in [0.29, 0.717) is 25.7 Å². The zero-order valence-corrected chi connectivity index (χ0v) is 26.0. The van der Waals surface area contributed by atoms with Crippen LogP contribution in [0, 0.1) is 5.41 Å². The monoisotopic (exact) mass is 534 g/mol. The van der Waals surface area contributed by atoms with E-state index >= 15 is 0 Å². The van der Waals surface area contributed by atoms with Gasteiger partial charge in [-0.1, -0.05) is 25.7 Å². The number of likely N-dealkylation sites (tertiary alicyclic amines) is 2. The highest BCUT2D eigenvalue weighted by molar-refractivity contribution is 5.72. The lowest BCUT2D eigenvalue weighted by molar-refractivity contribution is -0.321. The molecule has 38 heavy (non-hydrogen) atoms. The van der Waals surface area contributed by atoms with Crippen molar-refractivity contribution in [2.45, 2.75) is 174 Å². The molecule has 0 aromatic heterocycles. The highest BCUT2D eigenvalue weighted by atomic mass is 16.4. The molecule has 2 saturated heterocycles. The Morgan fingerprint density at radius 1 is 0.605 bits per heavy atom. The van der Waals surface area contributed by atoms with Gasteiger partial charge < -0.3 is 19.8 Å². The van der Waals surface area contributed by atoms with Crippen LogP contribution in [0.1, 0.15) is 152 Å². The zero-order chi connectivity index (χ0) is 28.8. The molecule has 2 fully saturated rings. The molecular formula is C32H58N2O4-2. The number of unbranched alkanes of at least 4 members (excludes halogenated alkanes) is 4. The van der Waals surface area contributed by atoms with Gasteiger partial charge in [-0.15, -0.1) is 0 Å². The van der Waals surface area contributed by atoms with Gasteiger partial charge >= 0.3 is 0 Å². The van der Waals surface area contributed by atoms with Crippen LogP contribution in [0.3, 0.4) is 0 Å². The smallest absolute Gasteiger partial charge is 0.0477 e. The molecule has 0 atom stereocenters. The minimum Gasteiger partial charge on any atom is -0.550 e. The third-order valence-electron chi connectivity index (χ3n) is 10.2. The summed E-state index contributed by atoms with van der Waals surface area (Å²) in [6.45, 7) is 20.0. The topological polar surface area (TPSA) is 86.7 Å². The molecule has 0 aromatic carbocycles. The van der Waals surface area contributed by atoms with Crippen molar-refractivity contribution in [1.82, 2.24) is 9.80 Å². The number of piperidine rings is 2. The molecule has 2 heterocycles. The van der Waals surface area contributed by atoms with Crippen LogP contribution in [-0.4, -0.2) is 57.0 Å². The van der Waals surface area contributed by atoms with Gasteiger partial charge in [0.2, 0.25) is 0 Å². The van der Waals surface area contributed by atoms with Gasteiger partial charge in [0.25, 0.3) is 0 Å². The molecule has 0 aliphatic carbocycles. The summed E-state index contributed by atoms with van der Waals surface area (Å²) in [4.78, 5) is 28.9. The summed E-state index contributed by atoms with van der Waals surface area (Å²) in [5.74, 6) is -1.89. The zero-order valence-electron chi connectivity index (χ0n) is 26.0. The molecule has 0 spiro atoms. The molecule has 0 unspecified atom stereocenters. The molecule has 2 rings (SSSR count). The summed E-state index contributed by atoms with van der Waals surface area (Å²) in [5, 5.41) is 23.7. The first-order valence-corrected chi connectivity index (χ1v) is 15.4. The van der Waals surface area contributed by atoms with E-state index in [1.165, 1.54) is 12.8 Å². The van der Waals surface area contributed by atoms with Crippen LogP contribution in [0.15, 0.2) is 0 Å². The average molecular weight is 535 g/mol. The predicted molar refractivity (Wildman–Crippen MR) is 151 cm³/mol. The minimum absolute atomic E-state index is 0.0509. The van der Waals surface area contributed by atoms with E-state index in [9.17, 15) is 19.8 Å². The Bertz CT molecular complexity index is 712. The third-order valence-corrected chi connectivity index (χ3v) is 10.2. The summed E-state index contributed by atoms with van der Waals surface area (Å²) in [6, 6.07) is 0. The van der Waals surface area contributed by atoms with Gasteiger partial charge in [0.1, 0.15) is 0 Å². The van der Waals surface area contributed by atoms with Crippen molar-refractivity contribution in [3.63, 3.8) is 0 Å². The van der Waals surface area contributed by atoms with Crippen molar-refractivity contribution in [2.75, 3.05) is 13.1 Å². The van der Waals surface area contributed by atoms with Crippen LogP contribution in [0.2, 0.25) is 0 Å². The quantitative estimate of drug-likeness (QED) is 0.273. The number of nitrogens with zero attached hydrogens (tertiary/aromatic N) is 2. The number of aliphatic carboxylic acids is 2. The van der Waals surface area contributed by atoms with Gasteiger partial charge in [-0.3, -0.25) is 9.80 Å². The fourth-order valence-electron chi connectivity index (χ4n) is 7.89. The first-order chi connectivity index (χ1) is 17.5. The Kier molecular flexibility index (Phi) is 11.3. The van der Waals surface area contributed by atoms with Crippen molar-refractivity contribution in [3.05, 3.63) is 0 Å². The fourth-order valence-corrected chi connectivity index (χ4v) is 7.89. The van der Waals surface area contributed by atoms with Gasteiger partial charge in [0.05, 0.1) is 0 Å². The van der Waals surface area contributed by atoms with Crippen LogP contribution in [0.4, 0.5) is 0 Å². The van der Waals surface area contributed by atoms with E-state index in [4.69, 9.17) is 0 Å². The van der Waals surface area contributed by atoms with Gasteiger partial charge in [0, 0.05) is 52.6 Å². The summed E-state index contributed by atoms with van der Waals surface area (Å²) in [7, 11) is 0. The summed E-state index contributed by atoms with van der Waals surface area (Å²) >= 11 is 0. The minimum atomic E-state index is -0.993. The van der Waals surface area contributed by atoms with Crippen LogP contribution in [-0.2, 0) is 9.59 Å². The maximum Gasteiger partial charge on any atom is 0.0477 e. The van der Waals surface area contributed by atoms with E-state index in [1.807, 2.05) is 0 Å². The lowest BCUT2D eigenvalue weighted by Gasteiger charge is -2.55. The van der Waals surface area contributed by atoms with Gasteiger partial charge in [-0.2, -0.15) is 0 Å². The maximum absolute atomic E-state index is 13.0. The summed E-state index contributed by atoms with van der Waals surface area (Å²) < 4.78 is 0. The Morgan fingerprint density at radius 2 is 0.974 bits per heavy atom. The maximum atomic E-state index is 13.0. The van der Waals surface area contributed by atoms with Gasteiger partial charge in [-0.25, -0.2) is 0 Å². The first-order valence-electron chi connectivity index (χ1n) is 15.4. The van der Waals surface area contributed by atoms with Crippen molar-refractivity contribution < 1.29 is 19.8 Å². The van der Waals surface area contributed by atoms with Crippen molar-refractivity contribution in [1.29, 1.82) is 0 Å². The molecule has 0 aromatic rings. The van der Waals surface area contributed by atoms with Gasteiger partial charge in [0.15, 0.2) is 0 Å². The second-order valence-electron chi connectivity index (χ2n) is 15.0. The Balaban J connectivity index is 2.20. The molecule has 6 nitrogen and oxygen atoms in total. The van der Waals surface area contributed by atoms with Crippen molar-refractivity contribution in [2.24, 2.45) is 5.41 Å². The molecule has 0 saturated carbocycles. The SMILES string of the molecule is CC1(C)CCCC(C)(C)N1CCC(CCCCCCCC(=O)[O-])(CCN1C(C)(C)CCCC1(C)C)C(=O)[O-]. The number of hydrogen-bond acceptors (Lipinski definition) is 6. The second kappa shape index (κ2) is 13.0. The van der Waals surface area contributed by atoms with Crippen LogP contribution in [0.25, 0.3) is 0 Å². The fraction of sp³-hybridized carbons (Fsp3) is 0.938. The summed E-state index contributed by atoms with van der Waals surface area (Å²) in [6.07, 6.45) is 13.1. The van der Waals surface area contributed by atoms with E-state index in [-0.39, 0.29) is 28.6 Å². The number of carboxylic acids is 2. The molecule has 2 aliphatic rings. The molecule has 0 radical (unpaired) electrons. The predicted octanol–water partition coefficient (Wildman–Crippen LogP) is 5.07. The second-order valence-corrected chi connectivity index (χ2v) is 15.0. The number of rotatable bonds is 15. The molecule has 0 bridgehead atoms. The van der Waals surface area contributed by atoms with Gasteiger partial charge in [-0.05, 0) is 126 Å². The van der Waals surface area contributed by atoms with Crippen molar-refractivity contribution in [3.8, 4) is 0 Å². The number of carbonyl (C=O) groups excluding carboxylic acids is 2. The molecule has 6 heteroatoms. The number of carboxylic acid groups (broad SMARTS) is 2. The molecule has 222 valence electrons. The highest BCUT2D eigenvalue weighted by Crippen LogP contribution is 2.43. The van der Waals surface area contributed by atoms with Crippen molar-refractivity contribution >= 4 is 11.9 Å². The van der Waals surface area contributed by atoms with Crippen LogP contribution >= 0.6 is 0 Å². The Morgan fingerprint density at radius 3 is 1.34 bits per heavy atom. The highest BCUT2D eigenvalue weighted by Gasteiger charge is 2.45. The van der Waals surface area contributed by atoms with E-state index in [2.05, 4.69) is 65.2 Å². The van der Waals surface area contributed by atoms with Crippen LogP contribution < -0.4 is 10.2 Å². The Labute approximate surface area is 233 Å². The van der Waals surface area contributed by atoms with E-state index in [1.54, 1.807) is 0 Å². The largest absolute Gasteiger partial charge is 0.550 e. The average Bonchev–Trinajstić information content (AvgIpc) is 2.75. The van der Waals surface area contributed by atoms with E-state index in [0.717, 1.165) is 64.5 Å². The van der Waals surface area contributed by atoms with Crippen LogP contribution in [0.5, 0.6) is 0 Å². The lowest BCUT2D eigenvalue weighted by Crippen LogP contribution is -2.61. The van der Waals surface area contributed by atoms with E-state index < -0.39 is 17.4 Å². The number of hydrogen-bond donors (Lipinski definition) is 0. The molecular weight excluding hydrogens is 476 g/mol. The Hall–Kier alpha value is -1.14. The number of carbonyl (C=O) groups is 2. The summed E-state index contributed by atoms with van der Waals surface area (Å²) in [5.41, 5.74) is -0.659. The third kappa shape index (κ3) is 8.68. The molecule has 2 aliphatic heterocycles. The first kappa shape index (κ1) is 33.1. The normalized spacial score (nSPS) is 23.3. The molecule has 0 N–H and O–H groups in total.